The standard InChI is InChI=1S/C22H31N5O2/c28-21(23-8-7-18-15-24-20-6-2-1-5-19(18)20)16-25-11-13-26(14-12-25)17-22(29)27-9-3-4-10-27/h1-2,5-6,15,24H,3-4,7-14,16-17H2,(H,23,28). The molecule has 7 nitrogen and oxygen atoms in total. The lowest BCUT2D eigenvalue weighted by molar-refractivity contribution is -0.132. The molecule has 0 radical (unpaired) electrons. The van der Waals surface area contributed by atoms with Crippen molar-refractivity contribution in [2.45, 2.75) is 19.3 Å². The van der Waals surface area contributed by atoms with E-state index in [0.29, 0.717) is 19.6 Å². The summed E-state index contributed by atoms with van der Waals surface area (Å²) in [6, 6.07) is 8.23. The topological polar surface area (TPSA) is 71.7 Å². The smallest absolute Gasteiger partial charge is 0.236 e. The number of para-hydroxylation sites is 1. The fourth-order valence-electron chi connectivity index (χ4n) is 4.30. The van der Waals surface area contributed by atoms with Crippen LogP contribution in [0.1, 0.15) is 18.4 Å². The second-order valence-electron chi connectivity index (χ2n) is 8.10. The summed E-state index contributed by atoms with van der Waals surface area (Å²) in [5, 5.41) is 4.27. The fourth-order valence-corrected chi connectivity index (χ4v) is 4.30. The minimum absolute atomic E-state index is 0.0754. The van der Waals surface area contributed by atoms with Gasteiger partial charge in [-0.25, -0.2) is 0 Å². The van der Waals surface area contributed by atoms with Crippen molar-refractivity contribution in [3.05, 3.63) is 36.0 Å². The molecular formula is C22H31N5O2. The lowest BCUT2D eigenvalue weighted by Crippen LogP contribution is -2.51. The van der Waals surface area contributed by atoms with Gasteiger partial charge in [-0.15, -0.1) is 0 Å². The number of likely N-dealkylation sites (tertiary alicyclic amines) is 1. The van der Waals surface area contributed by atoms with Crippen molar-refractivity contribution in [1.82, 2.24) is 25.0 Å². The maximum Gasteiger partial charge on any atom is 0.236 e. The van der Waals surface area contributed by atoms with Crippen LogP contribution in [0.2, 0.25) is 0 Å². The lowest BCUT2D eigenvalue weighted by Gasteiger charge is -2.34. The maximum absolute atomic E-state index is 12.3. The Balaban J connectivity index is 1.14. The Labute approximate surface area is 172 Å². The zero-order valence-electron chi connectivity index (χ0n) is 17.0. The molecule has 0 spiro atoms. The van der Waals surface area contributed by atoms with Gasteiger partial charge in [-0.1, -0.05) is 18.2 Å². The molecule has 4 rings (SSSR count). The number of rotatable bonds is 7. The van der Waals surface area contributed by atoms with Gasteiger partial charge in [0.2, 0.25) is 11.8 Å². The van der Waals surface area contributed by atoms with Gasteiger partial charge in [0.15, 0.2) is 0 Å². The molecule has 0 bridgehead atoms. The molecule has 3 heterocycles. The van der Waals surface area contributed by atoms with Crippen molar-refractivity contribution in [2.24, 2.45) is 0 Å². The van der Waals surface area contributed by atoms with Gasteiger partial charge >= 0.3 is 0 Å². The highest BCUT2D eigenvalue weighted by atomic mass is 16.2. The SMILES string of the molecule is O=C(CN1CCN(CC(=O)N2CCCC2)CC1)NCCc1c[nH]c2ccccc12. The third kappa shape index (κ3) is 5.16. The Hall–Kier alpha value is -2.38. The predicted octanol–water partition coefficient (Wildman–Crippen LogP) is 1.07. The summed E-state index contributed by atoms with van der Waals surface area (Å²) in [6.07, 6.45) is 5.12. The van der Waals surface area contributed by atoms with E-state index in [2.05, 4.69) is 32.2 Å². The van der Waals surface area contributed by atoms with Gasteiger partial charge in [0.1, 0.15) is 0 Å². The van der Waals surface area contributed by atoms with Gasteiger partial charge in [-0.3, -0.25) is 19.4 Å². The Morgan fingerprint density at radius 3 is 2.38 bits per heavy atom. The van der Waals surface area contributed by atoms with Gasteiger partial charge in [-0.05, 0) is 30.9 Å². The van der Waals surface area contributed by atoms with E-state index in [1.807, 2.05) is 23.2 Å². The molecule has 0 atom stereocenters. The Bertz CT molecular complexity index is 835. The van der Waals surface area contributed by atoms with Crippen LogP contribution in [0.15, 0.2) is 30.5 Å². The highest BCUT2D eigenvalue weighted by Gasteiger charge is 2.24. The number of piperazine rings is 1. The number of aromatic nitrogens is 1. The van der Waals surface area contributed by atoms with Crippen LogP contribution in [0.25, 0.3) is 10.9 Å². The summed E-state index contributed by atoms with van der Waals surface area (Å²) < 4.78 is 0. The number of carbonyl (C=O) groups is 2. The van der Waals surface area contributed by atoms with E-state index in [1.54, 1.807) is 0 Å². The molecule has 2 fully saturated rings. The average Bonchev–Trinajstić information content (AvgIpc) is 3.40. The molecule has 2 amide bonds. The summed E-state index contributed by atoms with van der Waals surface area (Å²) in [7, 11) is 0. The molecule has 1 aromatic heterocycles. The molecule has 1 aromatic carbocycles. The van der Waals surface area contributed by atoms with E-state index >= 15 is 0 Å². The van der Waals surface area contributed by atoms with Crippen molar-refractivity contribution in [3.8, 4) is 0 Å². The molecule has 0 saturated carbocycles. The first-order chi connectivity index (χ1) is 14.2. The molecule has 2 aliphatic heterocycles. The number of H-pyrrole nitrogens is 1. The number of aromatic amines is 1. The second kappa shape index (κ2) is 9.41. The molecule has 0 unspecified atom stereocenters. The number of hydrogen-bond acceptors (Lipinski definition) is 4. The average molecular weight is 398 g/mol. The summed E-state index contributed by atoms with van der Waals surface area (Å²) in [6.45, 7) is 6.79. The van der Waals surface area contributed by atoms with Crippen LogP contribution in [-0.2, 0) is 16.0 Å². The van der Waals surface area contributed by atoms with Crippen LogP contribution in [0.5, 0.6) is 0 Å². The van der Waals surface area contributed by atoms with Gasteiger partial charge < -0.3 is 15.2 Å². The van der Waals surface area contributed by atoms with Crippen LogP contribution in [0, 0.1) is 0 Å². The zero-order chi connectivity index (χ0) is 20.1. The maximum atomic E-state index is 12.3. The molecule has 0 aliphatic carbocycles. The zero-order valence-corrected chi connectivity index (χ0v) is 17.0. The number of benzene rings is 1. The monoisotopic (exact) mass is 397 g/mol. The Morgan fingerprint density at radius 1 is 0.931 bits per heavy atom. The van der Waals surface area contributed by atoms with E-state index in [9.17, 15) is 9.59 Å². The van der Waals surface area contributed by atoms with E-state index < -0.39 is 0 Å². The van der Waals surface area contributed by atoms with Crippen molar-refractivity contribution in [2.75, 3.05) is 58.9 Å². The van der Waals surface area contributed by atoms with Gasteiger partial charge in [-0.2, -0.15) is 0 Å². The first-order valence-corrected chi connectivity index (χ1v) is 10.7. The quantitative estimate of drug-likeness (QED) is 0.733. The molecule has 7 heteroatoms. The second-order valence-corrected chi connectivity index (χ2v) is 8.10. The fraction of sp³-hybridized carbons (Fsp3) is 0.545. The van der Waals surface area contributed by atoms with Gasteiger partial charge in [0, 0.05) is 62.9 Å². The van der Waals surface area contributed by atoms with Crippen molar-refractivity contribution in [3.63, 3.8) is 0 Å². The molecule has 2 aromatic rings. The first kappa shape index (κ1) is 19.9. The molecule has 2 N–H and O–H groups in total. The molecular weight excluding hydrogens is 366 g/mol. The first-order valence-electron chi connectivity index (χ1n) is 10.7. The predicted molar refractivity (Wildman–Crippen MR) is 114 cm³/mol. The number of fused-ring (bicyclic) bond motifs is 1. The number of amides is 2. The lowest BCUT2D eigenvalue weighted by atomic mass is 10.1. The van der Waals surface area contributed by atoms with E-state index in [0.717, 1.165) is 64.0 Å². The Morgan fingerprint density at radius 2 is 1.62 bits per heavy atom. The number of carbonyl (C=O) groups excluding carboxylic acids is 2. The van der Waals surface area contributed by atoms with Crippen LogP contribution in [0.3, 0.4) is 0 Å². The Kier molecular flexibility index (Phi) is 6.46. The van der Waals surface area contributed by atoms with Crippen molar-refractivity contribution in [1.29, 1.82) is 0 Å². The summed E-state index contributed by atoms with van der Waals surface area (Å²) in [5.74, 6) is 0.331. The van der Waals surface area contributed by atoms with Crippen LogP contribution in [0.4, 0.5) is 0 Å². The minimum Gasteiger partial charge on any atom is -0.361 e. The third-order valence-corrected chi connectivity index (χ3v) is 6.04. The van der Waals surface area contributed by atoms with Crippen LogP contribution >= 0.6 is 0 Å². The normalized spacial score (nSPS) is 18.4. The van der Waals surface area contributed by atoms with Crippen LogP contribution in [-0.4, -0.2) is 90.4 Å². The number of nitrogens with one attached hydrogen (secondary N) is 2. The van der Waals surface area contributed by atoms with Gasteiger partial charge in [0.05, 0.1) is 13.1 Å². The van der Waals surface area contributed by atoms with Crippen LogP contribution < -0.4 is 5.32 Å². The van der Waals surface area contributed by atoms with Crippen molar-refractivity contribution >= 4 is 22.7 Å². The van der Waals surface area contributed by atoms with E-state index in [4.69, 9.17) is 0 Å². The van der Waals surface area contributed by atoms with E-state index in [1.165, 1.54) is 10.9 Å². The van der Waals surface area contributed by atoms with Crippen molar-refractivity contribution < 1.29 is 9.59 Å². The molecule has 2 saturated heterocycles. The largest absolute Gasteiger partial charge is 0.361 e. The summed E-state index contributed by atoms with van der Waals surface area (Å²) in [5.41, 5.74) is 2.37. The number of hydrogen-bond donors (Lipinski definition) is 2. The molecule has 156 valence electrons. The summed E-state index contributed by atoms with van der Waals surface area (Å²) >= 11 is 0. The minimum atomic E-state index is 0.0754. The highest BCUT2D eigenvalue weighted by Crippen LogP contribution is 2.17. The molecule has 2 aliphatic rings. The highest BCUT2D eigenvalue weighted by molar-refractivity contribution is 5.83. The number of nitrogens with zero attached hydrogens (tertiary/aromatic N) is 3. The molecule has 29 heavy (non-hydrogen) atoms. The summed E-state index contributed by atoms with van der Waals surface area (Å²) in [4.78, 5) is 34.2. The van der Waals surface area contributed by atoms with E-state index in [-0.39, 0.29) is 11.8 Å². The van der Waals surface area contributed by atoms with Gasteiger partial charge in [0.25, 0.3) is 0 Å². The third-order valence-electron chi connectivity index (χ3n) is 6.04.